The van der Waals surface area contributed by atoms with Crippen LogP contribution in [0.1, 0.15) is 18.7 Å². The fourth-order valence-corrected chi connectivity index (χ4v) is 4.04. The van der Waals surface area contributed by atoms with Crippen LogP contribution in [-0.4, -0.2) is 40.7 Å². The Morgan fingerprint density at radius 3 is 2.71 bits per heavy atom. The van der Waals surface area contributed by atoms with Crippen molar-refractivity contribution in [3.63, 3.8) is 0 Å². The van der Waals surface area contributed by atoms with E-state index in [1.807, 2.05) is 12.1 Å². The van der Waals surface area contributed by atoms with Crippen molar-refractivity contribution in [2.24, 2.45) is 5.92 Å². The number of likely N-dealkylation sites (tertiary alicyclic amines) is 1. The Morgan fingerprint density at radius 2 is 1.97 bits per heavy atom. The van der Waals surface area contributed by atoms with Crippen LogP contribution in [0.4, 0.5) is 14.9 Å². The number of hydrogen-bond acceptors (Lipinski definition) is 4. The molecule has 0 radical (unpaired) electrons. The first-order valence-electron chi connectivity index (χ1n) is 10.3. The van der Waals surface area contributed by atoms with Crippen molar-refractivity contribution in [1.29, 1.82) is 0 Å². The number of piperidine rings is 1. The molecule has 0 unspecified atom stereocenters. The van der Waals surface area contributed by atoms with E-state index in [1.165, 1.54) is 18.2 Å². The second-order valence-electron chi connectivity index (χ2n) is 7.80. The van der Waals surface area contributed by atoms with Crippen molar-refractivity contribution < 1.29 is 13.9 Å². The zero-order valence-electron chi connectivity index (χ0n) is 17.6. The van der Waals surface area contributed by atoms with Gasteiger partial charge in [-0.25, -0.2) is 14.2 Å². The lowest BCUT2D eigenvalue weighted by Gasteiger charge is -2.32. The highest BCUT2D eigenvalue weighted by Gasteiger charge is 2.24. The van der Waals surface area contributed by atoms with Gasteiger partial charge in [-0.2, -0.15) is 0 Å². The molecule has 2 amide bonds. The zero-order chi connectivity index (χ0) is 22.0. The van der Waals surface area contributed by atoms with Gasteiger partial charge in [-0.05, 0) is 49.9 Å². The van der Waals surface area contributed by atoms with Gasteiger partial charge in [0.1, 0.15) is 17.4 Å². The summed E-state index contributed by atoms with van der Waals surface area (Å²) in [7, 11) is 1.57. The number of nitrogens with one attached hydrogen (secondary N) is 1. The molecule has 1 saturated heterocycles. The molecular formula is C23H25FN4O3. The molecule has 1 aliphatic rings. The number of methoxy groups -OCH3 is 1. The van der Waals surface area contributed by atoms with E-state index in [9.17, 15) is 14.0 Å². The Hall–Kier alpha value is -3.42. The molecule has 3 aromatic rings. The highest BCUT2D eigenvalue weighted by Crippen LogP contribution is 2.25. The van der Waals surface area contributed by atoms with Gasteiger partial charge in [-0.3, -0.25) is 9.36 Å². The number of aryl methyl sites for hydroxylation is 1. The Balaban J connectivity index is 1.41. The summed E-state index contributed by atoms with van der Waals surface area (Å²) in [6.07, 6.45) is 1.57. The molecule has 1 aliphatic heterocycles. The van der Waals surface area contributed by atoms with Gasteiger partial charge in [0.05, 0.1) is 23.7 Å². The number of aromatic nitrogens is 2. The number of rotatable bonds is 4. The minimum atomic E-state index is -0.407. The number of carbonyl (C=O) groups excluding carboxylic acids is 1. The van der Waals surface area contributed by atoms with E-state index in [0.717, 1.165) is 12.8 Å². The fraction of sp³-hybridized carbons (Fsp3) is 0.348. The van der Waals surface area contributed by atoms with Gasteiger partial charge in [0.15, 0.2) is 0 Å². The Kier molecular flexibility index (Phi) is 5.88. The van der Waals surface area contributed by atoms with Crippen LogP contribution < -0.4 is 15.6 Å². The van der Waals surface area contributed by atoms with E-state index in [2.05, 4.69) is 10.3 Å². The van der Waals surface area contributed by atoms with Crippen molar-refractivity contribution in [3.8, 4) is 5.75 Å². The number of halogens is 1. The Morgan fingerprint density at radius 1 is 1.23 bits per heavy atom. The van der Waals surface area contributed by atoms with Crippen LogP contribution in [0.15, 0.2) is 47.3 Å². The molecule has 2 heterocycles. The lowest BCUT2D eigenvalue weighted by atomic mass is 9.96. The maximum Gasteiger partial charge on any atom is 0.321 e. The van der Waals surface area contributed by atoms with Crippen molar-refractivity contribution >= 4 is 22.6 Å². The number of carbonyl (C=O) groups is 1. The SMILES string of the molecule is COc1ccccc1NC(=O)N1CCC(Cn2c(C)nc3cc(F)ccc3c2=O)CC1. The average Bonchev–Trinajstić information content (AvgIpc) is 2.77. The largest absolute Gasteiger partial charge is 0.495 e. The predicted octanol–water partition coefficient (Wildman–Crippen LogP) is 3.80. The Bertz CT molecular complexity index is 1170. The monoisotopic (exact) mass is 424 g/mol. The van der Waals surface area contributed by atoms with Crippen molar-refractivity contribution in [2.75, 3.05) is 25.5 Å². The normalized spacial score (nSPS) is 14.6. The molecule has 0 atom stereocenters. The highest BCUT2D eigenvalue weighted by atomic mass is 19.1. The number of benzene rings is 2. The number of ether oxygens (including phenoxy) is 1. The minimum Gasteiger partial charge on any atom is -0.495 e. The third kappa shape index (κ3) is 4.38. The second kappa shape index (κ2) is 8.75. The van der Waals surface area contributed by atoms with Crippen molar-refractivity contribution in [3.05, 3.63) is 64.5 Å². The molecular weight excluding hydrogens is 399 g/mol. The van der Waals surface area contributed by atoms with Crippen LogP contribution in [0.2, 0.25) is 0 Å². The Labute approximate surface area is 179 Å². The van der Waals surface area contributed by atoms with Gasteiger partial charge < -0.3 is 15.0 Å². The van der Waals surface area contributed by atoms with Crippen LogP contribution in [0.25, 0.3) is 10.9 Å². The standard InChI is InChI=1S/C23H25FN4O3/c1-15-25-20-13-17(24)7-8-18(20)22(29)28(15)14-16-9-11-27(12-10-16)23(30)26-19-5-3-4-6-21(19)31-2/h3-8,13,16H,9-12,14H2,1-2H3,(H,26,30). The number of hydrogen-bond donors (Lipinski definition) is 1. The number of anilines is 1. The average molecular weight is 424 g/mol. The number of urea groups is 1. The quantitative estimate of drug-likeness (QED) is 0.691. The number of amides is 2. The summed E-state index contributed by atoms with van der Waals surface area (Å²) in [4.78, 5) is 31.7. The lowest BCUT2D eigenvalue weighted by Crippen LogP contribution is -2.42. The molecule has 0 aliphatic carbocycles. The fourth-order valence-electron chi connectivity index (χ4n) is 4.04. The van der Waals surface area contributed by atoms with E-state index in [-0.39, 0.29) is 17.5 Å². The summed E-state index contributed by atoms with van der Waals surface area (Å²) < 4.78 is 20.4. The maximum absolute atomic E-state index is 13.5. The molecule has 1 aromatic heterocycles. The van der Waals surface area contributed by atoms with E-state index in [4.69, 9.17) is 4.74 Å². The summed E-state index contributed by atoms with van der Waals surface area (Å²) >= 11 is 0. The van der Waals surface area contributed by atoms with Crippen LogP contribution in [0.3, 0.4) is 0 Å². The van der Waals surface area contributed by atoms with Gasteiger partial charge in [-0.1, -0.05) is 12.1 Å². The zero-order valence-corrected chi connectivity index (χ0v) is 17.6. The van der Waals surface area contributed by atoms with Gasteiger partial charge >= 0.3 is 6.03 Å². The molecule has 2 aromatic carbocycles. The summed E-state index contributed by atoms with van der Waals surface area (Å²) in [5, 5.41) is 3.32. The summed E-state index contributed by atoms with van der Waals surface area (Å²) in [5.74, 6) is 1.03. The van der Waals surface area contributed by atoms with Crippen LogP contribution in [0.5, 0.6) is 5.75 Å². The van der Waals surface area contributed by atoms with Gasteiger partial charge in [0, 0.05) is 25.7 Å². The van der Waals surface area contributed by atoms with Crippen molar-refractivity contribution in [1.82, 2.24) is 14.5 Å². The number of para-hydroxylation sites is 2. The van der Waals surface area contributed by atoms with Crippen LogP contribution >= 0.6 is 0 Å². The van der Waals surface area contributed by atoms with Crippen LogP contribution in [0, 0.1) is 18.7 Å². The number of fused-ring (bicyclic) bond motifs is 1. The molecule has 8 heteroatoms. The first-order valence-corrected chi connectivity index (χ1v) is 10.3. The van der Waals surface area contributed by atoms with Gasteiger partial charge in [0.2, 0.25) is 0 Å². The van der Waals surface area contributed by atoms with E-state index >= 15 is 0 Å². The third-order valence-electron chi connectivity index (χ3n) is 5.80. The van der Waals surface area contributed by atoms with Gasteiger partial charge in [0.25, 0.3) is 5.56 Å². The topological polar surface area (TPSA) is 76.5 Å². The molecule has 4 rings (SSSR count). The smallest absolute Gasteiger partial charge is 0.321 e. The van der Waals surface area contributed by atoms with Gasteiger partial charge in [-0.15, -0.1) is 0 Å². The minimum absolute atomic E-state index is 0.154. The molecule has 1 fully saturated rings. The van der Waals surface area contributed by atoms with Crippen LogP contribution in [-0.2, 0) is 6.54 Å². The molecule has 0 bridgehead atoms. The molecule has 31 heavy (non-hydrogen) atoms. The first-order chi connectivity index (χ1) is 15.0. The molecule has 7 nitrogen and oxygen atoms in total. The summed E-state index contributed by atoms with van der Waals surface area (Å²) in [5.41, 5.74) is 0.860. The lowest BCUT2D eigenvalue weighted by molar-refractivity contribution is 0.176. The van der Waals surface area contributed by atoms with E-state index < -0.39 is 5.82 Å². The molecule has 1 N–H and O–H groups in total. The third-order valence-corrected chi connectivity index (χ3v) is 5.80. The van der Waals surface area contributed by atoms with E-state index in [0.29, 0.717) is 47.8 Å². The van der Waals surface area contributed by atoms with Crippen molar-refractivity contribution in [2.45, 2.75) is 26.3 Å². The first kappa shape index (κ1) is 20.8. The summed E-state index contributed by atoms with van der Waals surface area (Å²) in [6, 6.07) is 11.2. The molecule has 162 valence electrons. The maximum atomic E-state index is 13.5. The molecule has 0 saturated carbocycles. The van der Waals surface area contributed by atoms with E-state index in [1.54, 1.807) is 35.6 Å². The summed E-state index contributed by atoms with van der Waals surface area (Å²) in [6.45, 7) is 3.51. The second-order valence-corrected chi connectivity index (χ2v) is 7.80. The highest BCUT2D eigenvalue weighted by molar-refractivity contribution is 5.91. The molecule has 0 spiro atoms. The number of nitrogens with zero attached hydrogens (tertiary/aromatic N) is 3. The predicted molar refractivity (Wildman–Crippen MR) is 117 cm³/mol.